The van der Waals surface area contributed by atoms with Crippen molar-refractivity contribution >= 4 is 5.91 Å². The summed E-state index contributed by atoms with van der Waals surface area (Å²) in [5.74, 6) is -3.92. The van der Waals surface area contributed by atoms with Gasteiger partial charge in [0.15, 0.2) is 5.82 Å². The minimum atomic E-state index is -5.01. The Morgan fingerprint density at radius 2 is 1.65 bits per heavy atom. The van der Waals surface area contributed by atoms with Crippen LogP contribution in [0.1, 0.15) is 30.4 Å². The summed E-state index contributed by atoms with van der Waals surface area (Å²) in [4.78, 5) is 16.9. The molecule has 1 aliphatic rings. The molecule has 2 aromatic rings. The highest BCUT2D eigenvalue weighted by molar-refractivity contribution is 5.76. The van der Waals surface area contributed by atoms with Crippen molar-refractivity contribution in [2.75, 3.05) is 13.1 Å². The molecular weight excluding hydrogens is 440 g/mol. The van der Waals surface area contributed by atoms with E-state index >= 15 is 0 Å². The second-order valence-corrected chi connectivity index (χ2v) is 7.15. The maximum absolute atomic E-state index is 13.4. The van der Waals surface area contributed by atoms with Crippen LogP contribution in [0.2, 0.25) is 0 Å². The van der Waals surface area contributed by atoms with Gasteiger partial charge in [0.05, 0.1) is 24.2 Å². The third kappa shape index (κ3) is 5.70. The van der Waals surface area contributed by atoms with Crippen LogP contribution in [0.15, 0.2) is 24.5 Å². The molecule has 31 heavy (non-hydrogen) atoms. The van der Waals surface area contributed by atoms with Crippen LogP contribution in [0.3, 0.4) is 0 Å². The van der Waals surface area contributed by atoms with Crippen molar-refractivity contribution in [1.82, 2.24) is 19.7 Å². The maximum Gasteiger partial charge on any atom is 0.416 e. The Hall–Kier alpha value is -2.73. The smallest absolute Gasteiger partial charge is 0.337 e. The zero-order valence-corrected chi connectivity index (χ0v) is 15.8. The average Bonchev–Trinajstić information content (AvgIpc) is 3.12. The fourth-order valence-electron chi connectivity index (χ4n) is 3.17. The van der Waals surface area contributed by atoms with Crippen LogP contribution < -0.4 is 0 Å². The van der Waals surface area contributed by atoms with Gasteiger partial charge in [-0.1, -0.05) is 0 Å². The van der Waals surface area contributed by atoms with Crippen molar-refractivity contribution in [1.29, 1.82) is 0 Å². The highest BCUT2D eigenvalue weighted by Gasteiger charge is 2.38. The summed E-state index contributed by atoms with van der Waals surface area (Å²) < 4.78 is 106. The average molecular weight is 456 g/mol. The zero-order valence-electron chi connectivity index (χ0n) is 15.8. The van der Waals surface area contributed by atoms with E-state index < -0.39 is 53.2 Å². The number of carbonyl (C=O) groups is 1. The minimum absolute atomic E-state index is 0.00639. The van der Waals surface area contributed by atoms with E-state index in [9.17, 15) is 39.9 Å². The quantitative estimate of drug-likeness (QED) is 0.631. The molecule has 0 saturated carbocycles. The Balaban J connectivity index is 1.75. The summed E-state index contributed by atoms with van der Waals surface area (Å²) in [7, 11) is 0. The Bertz CT molecular complexity index is 919. The van der Waals surface area contributed by atoms with Crippen LogP contribution in [0, 0.1) is 0 Å². The van der Waals surface area contributed by atoms with Crippen molar-refractivity contribution in [3.05, 3.63) is 35.7 Å². The highest BCUT2D eigenvalue weighted by Crippen LogP contribution is 2.38. The maximum atomic E-state index is 13.4. The van der Waals surface area contributed by atoms with Crippen LogP contribution in [-0.2, 0) is 23.7 Å². The molecule has 1 aromatic carbocycles. The Labute approximate surface area is 170 Å². The standard InChI is InChI=1S/C18H16F8N4O/c19-16(20)3-1-4-29(9-16)14(31)2-5-30-10-27-15(28-30)11-6-12(17(21,22)23)8-13(7-11)18(24,25)26/h6-8,10H,1-5,9H2. The number of alkyl halides is 8. The van der Waals surface area contributed by atoms with E-state index in [0.29, 0.717) is 12.1 Å². The van der Waals surface area contributed by atoms with E-state index in [0.717, 1.165) is 15.9 Å². The Morgan fingerprint density at radius 3 is 2.19 bits per heavy atom. The third-order valence-electron chi connectivity index (χ3n) is 4.68. The monoisotopic (exact) mass is 456 g/mol. The summed E-state index contributed by atoms with van der Waals surface area (Å²) in [6.07, 6.45) is -9.36. The molecule has 0 radical (unpaired) electrons. The van der Waals surface area contributed by atoms with Gasteiger partial charge in [0, 0.05) is 24.9 Å². The predicted molar refractivity (Wildman–Crippen MR) is 90.8 cm³/mol. The first-order valence-electron chi connectivity index (χ1n) is 9.09. The number of benzene rings is 1. The van der Waals surface area contributed by atoms with E-state index in [1.54, 1.807) is 0 Å². The van der Waals surface area contributed by atoms with Gasteiger partial charge in [0.2, 0.25) is 5.91 Å². The molecule has 13 heteroatoms. The van der Waals surface area contributed by atoms with E-state index in [-0.39, 0.29) is 38.4 Å². The molecule has 0 atom stereocenters. The second-order valence-electron chi connectivity index (χ2n) is 7.15. The van der Waals surface area contributed by atoms with Crippen LogP contribution in [0.4, 0.5) is 35.1 Å². The molecule has 0 unspecified atom stereocenters. The predicted octanol–water partition coefficient (Wildman–Crippen LogP) is 4.63. The van der Waals surface area contributed by atoms with Crippen LogP contribution >= 0.6 is 0 Å². The van der Waals surface area contributed by atoms with Crippen molar-refractivity contribution < 1.29 is 39.9 Å². The lowest BCUT2D eigenvalue weighted by Gasteiger charge is -2.32. The number of carbonyl (C=O) groups excluding carboxylic acids is 1. The normalized spacial score (nSPS) is 17.1. The van der Waals surface area contributed by atoms with Gasteiger partial charge < -0.3 is 4.90 Å². The lowest BCUT2D eigenvalue weighted by Crippen LogP contribution is -2.45. The van der Waals surface area contributed by atoms with Gasteiger partial charge in [-0.2, -0.15) is 31.4 Å². The summed E-state index contributed by atoms with van der Waals surface area (Å²) in [6, 6.07) is 0.985. The summed E-state index contributed by atoms with van der Waals surface area (Å²) >= 11 is 0. The molecule has 1 aliphatic heterocycles. The molecule has 5 nitrogen and oxygen atoms in total. The molecular formula is C18H16F8N4O. The molecule has 0 aliphatic carbocycles. The van der Waals surface area contributed by atoms with Crippen molar-refractivity contribution in [3.63, 3.8) is 0 Å². The van der Waals surface area contributed by atoms with E-state index in [4.69, 9.17) is 0 Å². The largest absolute Gasteiger partial charge is 0.416 e. The van der Waals surface area contributed by atoms with Gasteiger partial charge in [-0.15, -0.1) is 0 Å². The molecule has 2 heterocycles. The third-order valence-corrected chi connectivity index (χ3v) is 4.68. The SMILES string of the molecule is O=C(CCn1cnc(-c2cc(C(F)(F)F)cc(C(F)(F)F)c2)n1)N1CCCC(F)(F)C1. The topological polar surface area (TPSA) is 51.0 Å². The van der Waals surface area contributed by atoms with E-state index in [2.05, 4.69) is 10.1 Å². The lowest BCUT2D eigenvalue weighted by molar-refractivity contribution is -0.143. The fourth-order valence-corrected chi connectivity index (χ4v) is 3.17. The molecule has 0 N–H and O–H groups in total. The van der Waals surface area contributed by atoms with Crippen LogP contribution in [0.25, 0.3) is 11.4 Å². The van der Waals surface area contributed by atoms with Crippen LogP contribution in [0.5, 0.6) is 0 Å². The molecule has 1 fully saturated rings. The summed E-state index contributed by atoms with van der Waals surface area (Å²) in [5, 5.41) is 3.82. The number of piperidine rings is 1. The van der Waals surface area contributed by atoms with Gasteiger partial charge in [0.1, 0.15) is 6.33 Å². The highest BCUT2D eigenvalue weighted by atomic mass is 19.4. The van der Waals surface area contributed by atoms with Crippen molar-refractivity contribution in [2.24, 2.45) is 0 Å². The molecule has 1 aromatic heterocycles. The van der Waals surface area contributed by atoms with Gasteiger partial charge >= 0.3 is 12.4 Å². The van der Waals surface area contributed by atoms with Gasteiger partial charge in [-0.05, 0) is 24.6 Å². The van der Waals surface area contributed by atoms with E-state index in [1.807, 2.05) is 0 Å². The molecule has 0 spiro atoms. The number of hydrogen-bond donors (Lipinski definition) is 0. The number of nitrogens with zero attached hydrogens (tertiary/aromatic N) is 4. The molecule has 170 valence electrons. The lowest BCUT2D eigenvalue weighted by atomic mass is 10.0. The van der Waals surface area contributed by atoms with Gasteiger partial charge in [-0.25, -0.2) is 13.8 Å². The van der Waals surface area contributed by atoms with Crippen LogP contribution in [-0.4, -0.2) is 44.6 Å². The van der Waals surface area contributed by atoms with Gasteiger partial charge in [-0.3, -0.25) is 9.48 Å². The number of halogens is 8. The van der Waals surface area contributed by atoms with E-state index in [1.165, 1.54) is 0 Å². The Kier molecular flexibility index (Phi) is 5.98. The number of hydrogen-bond acceptors (Lipinski definition) is 3. The molecule has 3 rings (SSSR count). The molecule has 0 bridgehead atoms. The minimum Gasteiger partial charge on any atom is -0.337 e. The second kappa shape index (κ2) is 8.08. The molecule has 1 amide bonds. The number of aromatic nitrogens is 3. The Morgan fingerprint density at radius 1 is 1.03 bits per heavy atom. The first kappa shape index (κ1) is 22.9. The first-order valence-corrected chi connectivity index (χ1v) is 9.09. The zero-order chi connectivity index (χ0) is 23.0. The number of likely N-dealkylation sites (tertiary alicyclic amines) is 1. The first-order chi connectivity index (χ1) is 14.2. The van der Waals surface area contributed by atoms with Gasteiger partial charge in [0.25, 0.3) is 5.92 Å². The summed E-state index contributed by atoms with van der Waals surface area (Å²) in [6.45, 7) is -0.640. The molecule has 1 saturated heterocycles. The number of aryl methyl sites for hydroxylation is 1. The van der Waals surface area contributed by atoms with Crippen molar-refractivity contribution in [3.8, 4) is 11.4 Å². The summed E-state index contributed by atoms with van der Waals surface area (Å²) in [5.41, 5.74) is -3.51. The number of rotatable bonds is 4. The number of amides is 1. The fraction of sp³-hybridized carbons (Fsp3) is 0.500. The van der Waals surface area contributed by atoms with Crippen molar-refractivity contribution in [2.45, 2.75) is 44.1 Å².